The second kappa shape index (κ2) is 12.7. The topological polar surface area (TPSA) is 108 Å². The number of likely N-dealkylation sites (N-methyl/N-ethyl adjacent to an activating group) is 1. The van der Waals surface area contributed by atoms with E-state index < -0.39 is 16.1 Å². The van der Waals surface area contributed by atoms with Gasteiger partial charge in [0.15, 0.2) is 0 Å². The maximum Gasteiger partial charge on any atom is 0.258 e. The molecule has 1 aliphatic rings. The summed E-state index contributed by atoms with van der Waals surface area (Å²) >= 11 is 0. The number of anilines is 1. The van der Waals surface area contributed by atoms with Gasteiger partial charge in [-0.3, -0.25) is 9.52 Å². The SMILES string of the molecule is C[C@@H]1CN([C@H](C)CO)C(=O)c2cc(NS(C)(=O)=O)ccc2O[C@@H](C)CCCCO[C@@H]1CN(C)C. The Kier molecular flexibility index (Phi) is 10.6. The third-order valence-corrected chi connectivity index (χ3v) is 6.51. The Morgan fingerprint density at radius 1 is 1.26 bits per heavy atom. The van der Waals surface area contributed by atoms with E-state index in [-0.39, 0.29) is 41.9 Å². The van der Waals surface area contributed by atoms with Crippen molar-refractivity contribution in [2.24, 2.45) is 5.92 Å². The van der Waals surface area contributed by atoms with E-state index >= 15 is 0 Å². The van der Waals surface area contributed by atoms with Gasteiger partial charge in [-0.1, -0.05) is 6.92 Å². The molecule has 10 heteroatoms. The van der Waals surface area contributed by atoms with Crippen LogP contribution in [0.4, 0.5) is 5.69 Å². The molecule has 0 saturated carbocycles. The third kappa shape index (κ3) is 8.72. The Morgan fingerprint density at radius 2 is 1.97 bits per heavy atom. The van der Waals surface area contributed by atoms with Crippen molar-refractivity contribution in [1.29, 1.82) is 0 Å². The molecule has 0 unspecified atom stereocenters. The number of hydrogen-bond acceptors (Lipinski definition) is 7. The molecule has 2 N–H and O–H groups in total. The Labute approximate surface area is 204 Å². The van der Waals surface area contributed by atoms with Gasteiger partial charge in [-0.05, 0) is 65.4 Å². The molecule has 0 aliphatic carbocycles. The molecule has 0 aromatic heterocycles. The lowest BCUT2D eigenvalue weighted by atomic mass is 10.0. The summed E-state index contributed by atoms with van der Waals surface area (Å²) in [5.74, 6) is 0.0785. The second-order valence-corrected chi connectivity index (χ2v) is 11.4. The molecule has 0 radical (unpaired) electrons. The van der Waals surface area contributed by atoms with Crippen molar-refractivity contribution >= 4 is 21.6 Å². The molecule has 9 nitrogen and oxygen atoms in total. The maximum absolute atomic E-state index is 13.8. The minimum Gasteiger partial charge on any atom is -0.490 e. The number of hydrogen-bond donors (Lipinski definition) is 2. The molecular formula is C24H41N3O6S. The van der Waals surface area contributed by atoms with E-state index in [0.29, 0.717) is 18.9 Å². The van der Waals surface area contributed by atoms with Crippen LogP contribution in [0.15, 0.2) is 18.2 Å². The van der Waals surface area contributed by atoms with Gasteiger partial charge in [-0.25, -0.2) is 8.42 Å². The van der Waals surface area contributed by atoms with Crippen LogP contribution >= 0.6 is 0 Å². The first kappa shape index (κ1) is 28.4. The predicted molar refractivity (Wildman–Crippen MR) is 134 cm³/mol. The van der Waals surface area contributed by atoms with E-state index in [1.807, 2.05) is 27.9 Å². The largest absolute Gasteiger partial charge is 0.490 e. The van der Waals surface area contributed by atoms with Crippen molar-refractivity contribution in [2.75, 3.05) is 51.4 Å². The monoisotopic (exact) mass is 499 g/mol. The van der Waals surface area contributed by atoms with Gasteiger partial charge in [-0.2, -0.15) is 0 Å². The number of carbonyl (C=O) groups excluding carboxylic acids is 1. The average molecular weight is 500 g/mol. The van der Waals surface area contributed by atoms with Crippen LogP contribution in [0.25, 0.3) is 0 Å². The summed E-state index contributed by atoms with van der Waals surface area (Å²) in [5, 5.41) is 9.91. The molecule has 1 amide bonds. The van der Waals surface area contributed by atoms with Crippen molar-refractivity contribution in [1.82, 2.24) is 9.80 Å². The number of aliphatic hydroxyl groups is 1. The fourth-order valence-corrected chi connectivity index (χ4v) is 4.58. The highest BCUT2D eigenvalue weighted by atomic mass is 32.2. The molecule has 4 atom stereocenters. The van der Waals surface area contributed by atoms with Crippen LogP contribution in [0.3, 0.4) is 0 Å². The van der Waals surface area contributed by atoms with Crippen LogP contribution in [-0.4, -0.2) is 94.1 Å². The summed E-state index contributed by atoms with van der Waals surface area (Å²) in [7, 11) is 0.465. The number of sulfonamides is 1. The lowest BCUT2D eigenvalue weighted by Crippen LogP contribution is -2.47. The average Bonchev–Trinajstić information content (AvgIpc) is 2.74. The van der Waals surface area contributed by atoms with E-state index in [9.17, 15) is 18.3 Å². The van der Waals surface area contributed by atoms with Crippen LogP contribution in [0, 0.1) is 5.92 Å². The normalized spacial score (nSPS) is 24.2. The molecule has 34 heavy (non-hydrogen) atoms. The minimum atomic E-state index is -3.52. The van der Waals surface area contributed by atoms with Crippen LogP contribution in [0.5, 0.6) is 5.75 Å². The summed E-state index contributed by atoms with van der Waals surface area (Å²) in [6.07, 6.45) is 3.48. The van der Waals surface area contributed by atoms with Gasteiger partial charge in [0.05, 0.1) is 36.7 Å². The second-order valence-electron chi connectivity index (χ2n) is 9.65. The molecule has 1 aromatic carbocycles. The van der Waals surface area contributed by atoms with Gasteiger partial charge in [0.2, 0.25) is 10.0 Å². The first-order valence-electron chi connectivity index (χ1n) is 11.9. The minimum absolute atomic E-state index is 0.00362. The van der Waals surface area contributed by atoms with Crippen LogP contribution in [-0.2, 0) is 14.8 Å². The van der Waals surface area contributed by atoms with E-state index in [0.717, 1.165) is 32.1 Å². The zero-order valence-electron chi connectivity index (χ0n) is 21.3. The number of amides is 1. The van der Waals surface area contributed by atoms with Crippen molar-refractivity contribution in [3.8, 4) is 5.75 Å². The number of fused-ring (bicyclic) bond motifs is 1. The number of aliphatic hydroxyl groups excluding tert-OH is 1. The summed E-state index contributed by atoms with van der Waals surface area (Å²) < 4.78 is 38.3. The predicted octanol–water partition coefficient (Wildman–Crippen LogP) is 2.42. The fourth-order valence-electron chi connectivity index (χ4n) is 4.02. The number of nitrogens with zero attached hydrogens (tertiary/aromatic N) is 2. The van der Waals surface area contributed by atoms with Crippen molar-refractivity contribution in [2.45, 2.75) is 58.3 Å². The van der Waals surface area contributed by atoms with Gasteiger partial charge in [0, 0.05) is 31.3 Å². The first-order valence-corrected chi connectivity index (χ1v) is 13.8. The highest BCUT2D eigenvalue weighted by Gasteiger charge is 2.30. The van der Waals surface area contributed by atoms with Crippen LogP contribution in [0.2, 0.25) is 0 Å². The smallest absolute Gasteiger partial charge is 0.258 e. The quantitative estimate of drug-likeness (QED) is 0.619. The fraction of sp³-hybridized carbons (Fsp3) is 0.708. The Bertz CT molecular complexity index is 908. The molecule has 0 fully saturated rings. The molecule has 1 aromatic rings. The molecule has 1 aliphatic heterocycles. The van der Waals surface area contributed by atoms with Crippen molar-refractivity contribution in [3.05, 3.63) is 23.8 Å². The molecule has 0 saturated heterocycles. The molecule has 194 valence electrons. The standard InChI is InChI=1S/C24H41N3O6S/c1-17-14-27(18(2)16-28)24(29)21-13-20(25-34(6,30)31)10-11-22(21)33-19(3)9-7-8-12-32-23(17)15-26(4)5/h10-11,13,17-19,23,25,28H,7-9,12,14-16H2,1-6H3/t17-,18-,19+,23-/m1/s1. The number of nitrogens with one attached hydrogen (secondary N) is 1. The highest BCUT2D eigenvalue weighted by Crippen LogP contribution is 2.28. The third-order valence-electron chi connectivity index (χ3n) is 5.90. The molecule has 0 spiro atoms. The molecule has 2 rings (SSSR count). The molecular weight excluding hydrogens is 458 g/mol. The Balaban J connectivity index is 2.51. The van der Waals surface area contributed by atoms with E-state index in [2.05, 4.69) is 9.62 Å². The van der Waals surface area contributed by atoms with E-state index in [4.69, 9.17) is 9.47 Å². The summed E-state index contributed by atoms with van der Waals surface area (Å²) in [6, 6.07) is 4.28. The lowest BCUT2D eigenvalue weighted by Gasteiger charge is -2.35. The Hall–Kier alpha value is -1.88. The van der Waals surface area contributed by atoms with Gasteiger partial charge in [0.25, 0.3) is 5.91 Å². The van der Waals surface area contributed by atoms with Crippen LogP contribution in [0.1, 0.15) is 50.4 Å². The van der Waals surface area contributed by atoms with Crippen molar-refractivity contribution in [3.63, 3.8) is 0 Å². The van der Waals surface area contributed by atoms with Crippen LogP contribution < -0.4 is 9.46 Å². The van der Waals surface area contributed by atoms with Gasteiger partial charge >= 0.3 is 0 Å². The zero-order valence-corrected chi connectivity index (χ0v) is 22.1. The van der Waals surface area contributed by atoms with E-state index in [1.165, 1.54) is 6.07 Å². The summed E-state index contributed by atoms with van der Waals surface area (Å²) in [4.78, 5) is 17.5. The zero-order chi connectivity index (χ0) is 25.5. The van der Waals surface area contributed by atoms with Gasteiger partial charge in [0.1, 0.15) is 5.75 Å². The number of ether oxygens (including phenoxy) is 2. The highest BCUT2D eigenvalue weighted by molar-refractivity contribution is 7.92. The first-order chi connectivity index (χ1) is 15.9. The van der Waals surface area contributed by atoms with Gasteiger partial charge in [-0.15, -0.1) is 0 Å². The molecule has 1 heterocycles. The van der Waals surface area contributed by atoms with E-state index in [1.54, 1.807) is 24.0 Å². The maximum atomic E-state index is 13.8. The Morgan fingerprint density at radius 3 is 2.59 bits per heavy atom. The van der Waals surface area contributed by atoms with Crippen molar-refractivity contribution < 1.29 is 27.8 Å². The lowest BCUT2D eigenvalue weighted by molar-refractivity contribution is -0.0137. The molecule has 0 bridgehead atoms. The number of benzene rings is 1. The number of rotatable bonds is 6. The summed E-state index contributed by atoms with van der Waals surface area (Å²) in [5.41, 5.74) is 0.542. The number of carbonyl (C=O) groups is 1. The van der Waals surface area contributed by atoms with Gasteiger partial charge < -0.3 is 24.4 Å². The summed E-state index contributed by atoms with van der Waals surface area (Å²) in [6.45, 7) is 7.31.